The molecule has 5 rings (SSSR count). The molecule has 0 spiro atoms. The largest absolute Gasteiger partial charge is 0.513 e. The summed E-state index contributed by atoms with van der Waals surface area (Å²) >= 11 is 0. The van der Waals surface area contributed by atoms with Crippen LogP contribution in [0.1, 0.15) is 24.5 Å². The lowest BCUT2D eigenvalue weighted by atomic mass is 9.97. The van der Waals surface area contributed by atoms with Gasteiger partial charge in [0.05, 0.1) is 17.9 Å². The zero-order valence-electron chi connectivity index (χ0n) is 25.9. The molecule has 3 heterocycles. The molecule has 3 aromatic rings. The van der Waals surface area contributed by atoms with Crippen molar-refractivity contribution in [1.82, 2.24) is 10.1 Å². The zero-order chi connectivity index (χ0) is 35.3. The highest BCUT2D eigenvalue weighted by molar-refractivity contribution is 7.52. The van der Waals surface area contributed by atoms with Crippen LogP contribution in [0.2, 0.25) is 0 Å². The third-order valence-electron chi connectivity index (χ3n) is 7.76. The fourth-order valence-corrected chi connectivity index (χ4v) is 5.55. The number of hydrogen-bond donors (Lipinski definition) is 3. The Labute approximate surface area is 277 Å². The monoisotopic (exact) mass is 707 g/mol. The van der Waals surface area contributed by atoms with Gasteiger partial charge in [0.15, 0.2) is 12.2 Å². The van der Waals surface area contributed by atoms with Crippen molar-refractivity contribution in [2.24, 2.45) is 0 Å². The number of nitrogens with zero attached hydrogens (tertiary/aromatic N) is 3. The topological polar surface area (TPSA) is 198 Å². The van der Waals surface area contributed by atoms with Crippen LogP contribution in [0.25, 0.3) is 5.57 Å². The molecule has 2 aliphatic rings. The lowest BCUT2D eigenvalue weighted by Crippen LogP contribution is -2.43. The average Bonchev–Trinajstić information content (AvgIpc) is 3.72. The highest BCUT2D eigenvalue weighted by Crippen LogP contribution is 2.42. The number of hydrogen-bond acceptors (Lipinski definition) is 11. The van der Waals surface area contributed by atoms with Crippen LogP contribution in [0.5, 0.6) is 11.6 Å². The molecule has 3 atom stereocenters. The Kier molecular flexibility index (Phi) is 11.0. The van der Waals surface area contributed by atoms with Crippen molar-refractivity contribution in [3.05, 3.63) is 77.6 Å². The fourth-order valence-electron chi connectivity index (χ4n) is 5.10. The van der Waals surface area contributed by atoms with Gasteiger partial charge in [0.25, 0.3) is 11.8 Å². The average molecular weight is 708 g/mol. The molecule has 2 amide bonds. The molecule has 2 aliphatic heterocycles. The van der Waals surface area contributed by atoms with Gasteiger partial charge in [-0.1, -0.05) is 25.1 Å². The van der Waals surface area contributed by atoms with Gasteiger partial charge in [-0.05, 0) is 53.4 Å². The van der Waals surface area contributed by atoms with E-state index in [1.165, 1.54) is 54.5 Å². The van der Waals surface area contributed by atoms with Crippen molar-refractivity contribution >= 4 is 37.0 Å². The molecular formula is C31H32F2N3O12P. The number of aliphatic hydroxyl groups is 1. The van der Waals surface area contributed by atoms with Crippen LogP contribution in [0.15, 0.2) is 59.3 Å². The molecule has 1 unspecified atom stereocenters. The number of aromatic nitrogens is 1. The first-order valence-corrected chi connectivity index (χ1v) is 16.6. The highest BCUT2D eigenvalue weighted by Gasteiger charge is 2.35. The standard InChI is InChI=1S/C31H32F2N3O12P/c1-18(49(41,42)43)12-19-2-4-22(5-3-19)48-31(40)45-17-26(37)29(38)35-9-6-20(7-10-35)28-24(32)13-21(14-25(28)33)36-15-23(47-30(36)39)16-44-27-8-11-46-34-27/h2-6,8,11,13-14,18,23,26,37H,7,9-10,12,15-17H2,1H3,(H2,41,42,43)/t18?,23-,26+/m1/s1. The quantitative estimate of drug-likeness (QED) is 0.140. The third kappa shape index (κ3) is 9.00. The van der Waals surface area contributed by atoms with Crippen LogP contribution in [0, 0.1) is 11.6 Å². The molecule has 2 aromatic carbocycles. The van der Waals surface area contributed by atoms with Crippen molar-refractivity contribution < 1.29 is 66.1 Å². The number of rotatable bonds is 12. The highest BCUT2D eigenvalue weighted by atomic mass is 31.2. The fraction of sp³-hybridized carbons (Fsp3) is 0.355. The molecule has 262 valence electrons. The molecule has 1 saturated heterocycles. The molecule has 18 heteroatoms. The molecule has 0 saturated carbocycles. The van der Waals surface area contributed by atoms with Crippen molar-refractivity contribution in [3.63, 3.8) is 0 Å². The number of aliphatic hydroxyl groups excluding tert-OH is 1. The number of benzene rings is 2. The van der Waals surface area contributed by atoms with Gasteiger partial charge in [0.1, 0.15) is 36.9 Å². The van der Waals surface area contributed by atoms with Crippen LogP contribution in [0.4, 0.5) is 24.1 Å². The number of anilines is 1. The summed E-state index contributed by atoms with van der Waals surface area (Å²) in [6.45, 7) is 0.542. The van der Waals surface area contributed by atoms with Crippen molar-refractivity contribution in [2.45, 2.75) is 37.6 Å². The third-order valence-corrected chi connectivity index (χ3v) is 9.09. The number of carbonyl (C=O) groups is 3. The van der Waals surface area contributed by atoms with Gasteiger partial charge >= 0.3 is 19.8 Å². The van der Waals surface area contributed by atoms with E-state index in [1.807, 2.05) is 0 Å². The molecule has 0 aliphatic carbocycles. The minimum absolute atomic E-state index is 0.00540. The van der Waals surface area contributed by atoms with Gasteiger partial charge in [-0.15, -0.1) is 0 Å². The van der Waals surface area contributed by atoms with Crippen molar-refractivity contribution in [3.8, 4) is 11.6 Å². The second kappa shape index (κ2) is 15.2. The van der Waals surface area contributed by atoms with Gasteiger partial charge in [-0.2, -0.15) is 0 Å². The lowest BCUT2D eigenvalue weighted by Gasteiger charge is -2.28. The Hall–Kier alpha value is -4.83. The van der Waals surface area contributed by atoms with E-state index in [2.05, 4.69) is 9.68 Å². The Morgan fingerprint density at radius 3 is 2.47 bits per heavy atom. The summed E-state index contributed by atoms with van der Waals surface area (Å²) in [4.78, 5) is 58.0. The molecule has 0 radical (unpaired) electrons. The van der Waals surface area contributed by atoms with E-state index in [9.17, 15) is 33.8 Å². The Balaban J connectivity index is 1.10. The second-order valence-corrected chi connectivity index (χ2v) is 13.3. The summed E-state index contributed by atoms with van der Waals surface area (Å²) in [6, 6.07) is 9.34. The van der Waals surface area contributed by atoms with E-state index in [1.54, 1.807) is 0 Å². The maximum atomic E-state index is 15.2. The summed E-state index contributed by atoms with van der Waals surface area (Å²) in [5.74, 6) is -2.37. The zero-order valence-corrected chi connectivity index (χ0v) is 26.8. The SMILES string of the molecule is CC(Cc1ccc(OC(=O)OC[C@H](O)C(=O)N2CC=C(c3c(F)cc(N4C[C@H](COc5ccon5)OC4=O)cc3F)CC2)cc1)P(=O)(O)O. The predicted octanol–water partition coefficient (Wildman–Crippen LogP) is 3.66. The Morgan fingerprint density at radius 1 is 1.14 bits per heavy atom. The maximum Gasteiger partial charge on any atom is 0.513 e. The first kappa shape index (κ1) is 35.5. The summed E-state index contributed by atoms with van der Waals surface area (Å²) in [6.07, 6.45) is -1.56. The van der Waals surface area contributed by atoms with Gasteiger partial charge in [0.2, 0.25) is 0 Å². The van der Waals surface area contributed by atoms with Crippen molar-refractivity contribution in [1.29, 1.82) is 0 Å². The van der Waals surface area contributed by atoms with Gasteiger partial charge in [-0.25, -0.2) is 18.4 Å². The predicted molar refractivity (Wildman–Crippen MR) is 165 cm³/mol. The minimum Gasteiger partial charge on any atom is -0.471 e. The summed E-state index contributed by atoms with van der Waals surface area (Å²) < 4.78 is 66.9. The molecule has 1 fully saturated rings. The number of amides is 2. The van der Waals surface area contributed by atoms with E-state index in [0.29, 0.717) is 5.56 Å². The number of cyclic esters (lactones) is 1. The molecule has 1 aromatic heterocycles. The molecule has 0 bridgehead atoms. The van der Waals surface area contributed by atoms with Crippen LogP contribution in [-0.2, 0) is 25.3 Å². The van der Waals surface area contributed by atoms with E-state index in [4.69, 9.17) is 18.9 Å². The molecular weight excluding hydrogens is 675 g/mol. The van der Waals surface area contributed by atoms with E-state index >= 15 is 8.78 Å². The molecule has 49 heavy (non-hydrogen) atoms. The Bertz CT molecular complexity index is 1730. The summed E-state index contributed by atoms with van der Waals surface area (Å²) in [5, 5.41) is 13.9. The summed E-state index contributed by atoms with van der Waals surface area (Å²) in [5.41, 5.74) is -0.369. The van der Waals surface area contributed by atoms with Crippen LogP contribution in [0.3, 0.4) is 0 Å². The van der Waals surface area contributed by atoms with E-state index < -0.39 is 61.9 Å². The number of halogens is 2. The van der Waals surface area contributed by atoms with Gasteiger partial charge in [-0.3, -0.25) is 14.3 Å². The first-order valence-electron chi connectivity index (χ1n) is 14.9. The number of ether oxygens (including phenoxy) is 4. The lowest BCUT2D eigenvalue weighted by molar-refractivity contribution is -0.141. The second-order valence-electron chi connectivity index (χ2n) is 11.3. The van der Waals surface area contributed by atoms with Crippen LogP contribution >= 0.6 is 7.60 Å². The maximum absolute atomic E-state index is 15.2. The summed E-state index contributed by atoms with van der Waals surface area (Å²) in [7, 11) is -4.24. The normalized spacial score (nSPS) is 17.6. The Morgan fingerprint density at radius 2 is 1.86 bits per heavy atom. The minimum atomic E-state index is -4.24. The molecule has 3 N–H and O–H groups in total. The van der Waals surface area contributed by atoms with E-state index in [-0.39, 0.29) is 67.5 Å². The molecule has 15 nitrogen and oxygen atoms in total. The van der Waals surface area contributed by atoms with Crippen LogP contribution < -0.4 is 14.4 Å². The first-order chi connectivity index (χ1) is 23.3. The number of carbonyl (C=O) groups excluding carboxylic acids is 3. The van der Waals surface area contributed by atoms with Crippen molar-refractivity contribution in [2.75, 3.05) is 37.7 Å². The van der Waals surface area contributed by atoms with Crippen LogP contribution in [-0.4, -0.2) is 93.8 Å². The smallest absolute Gasteiger partial charge is 0.471 e. The van der Waals surface area contributed by atoms with E-state index in [0.717, 1.165) is 17.0 Å². The van der Waals surface area contributed by atoms with Gasteiger partial charge < -0.3 is 43.3 Å². The van der Waals surface area contributed by atoms with Gasteiger partial charge in [0, 0.05) is 24.7 Å².